The van der Waals surface area contributed by atoms with Crippen LogP contribution in [-0.2, 0) is 20.4 Å². The van der Waals surface area contributed by atoms with Crippen LogP contribution in [0, 0.1) is 0 Å². The lowest BCUT2D eigenvalue weighted by Gasteiger charge is -2.15. The number of benzene rings is 1. The van der Waals surface area contributed by atoms with Gasteiger partial charge in [0.15, 0.2) is 0 Å². The molecule has 1 aliphatic heterocycles. The maximum absolute atomic E-state index is 11.4. The number of carbonyl (C=O) groups excluding carboxylic acids is 1. The van der Waals surface area contributed by atoms with Gasteiger partial charge in [-0.05, 0) is 24.1 Å². The minimum atomic E-state index is -3.67. The van der Waals surface area contributed by atoms with E-state index in [1.165, 1.54) is 12.1 Å². The van der Waals surface area contributed by atoms with Crippen molar-refractivity contribution in [3.8, 4) is 0 Å². The SMILES string of the molecule is O=C1CCCN1Cc1ccc(S(=O)(=O)Cl)cc1. The van der Waals surface area contributed by atoms with Gasteiger partial charge in [0.1, 0.15) is 0 Å². The molecular formula is C11H12ClNO3S. The van der Waals surface area contributed by atoms with Crippen LogP contribution < -0.4 is 0 Å². The number of carbonyl (C=O) groups is 1. The van der Waals surface area contributed by atoms with E-state index in [1.807, 2.05) is 0 Å². The molecule has 1 aliphatic rings. The van der Waals surface area contributed by atoms with E-state index in [1.54, 1.807) is 17.0 Å². The minimum Gasteiger partial charge on any atom is -0.338 e. The Bertz CT molecular complexity index is 524. The number of halogens is 1. The third kappa shape index (κ3) is 2.98. The van der Waals surface area contributed by atoms with E-state index in [0.717, 1.165) is 18.5 Å². The highest BCUT2D eigenvalue weighted by Gasteiger charge is 2.20. The number of rotatable bonds is 3. The summed E-state index contributed by atoms with van der Waals surface area (Å²) in [6.07, 6.45) is 1.50. The second-order valence-electron chi connectivity index (χ2n) is 4.00. The van der Waals surface area contributed by atoms with Gasteiger partial charge in [0.2, 0.25) is 5.91 Å². The molecule has 0 atom stereocenters. The second-order valence-corrected chi connectivity index (χ2v) is 6.57. The molecule has 0 aromatic heterocycles. The molecular weight excluding hydrogens is 262 g/mol. The van der Waals surface area contributed by atoms with Crippen molar-refractivity contribution in [3.05, 3.63) is 29.8 Å². The van der Waals surface area contributed by atoms with Gasteiger partial charge in [-0.3, -0.25) is 4.79 Å². The van der Waals surface area contributed by atoms with Crippen LogP contribution in [-0.4, -0.2) is 25.8 Å². The molecule has 0 unspecified atom stereocenters. The van der Waals surface area contributed by atoms with Gasteiger partial charge in [0.25, 0.3) is 9.05 Å². The molecule has 1 aromatic carbocycles. The first-order valence-electron chi connectivity index (χ1n) is 5.28. The van der Waals surface area contributed by atoms with Crippen molar-refractivity contribution < 1.29 is 13.2 Å². The number of nitrogens with zero attached hydrogens (tertiary/aromatic N) is 1. The molecule has 0 radical (unpaired) electrons. The average Bonchev–Trinajstić information content (AvgIpc) is 2.64. The predicted molar refractivity (Wildman–Crippen MR) is 64.1 cm³/mol. The molecule has 1 fully saturated rings. The fraction of sp³-hybridized carbons (Fsp3) is 0.364. The van der Waals surface area contributed by atoms with Crippen molar-refractivity contribution in [1.82, 2.24) is 4.90 Å². The lowest BCUT2D eigenvalue weighted by Crippen LogP contribution is -2.23. The fourth-order valence-corrected chi connectivity index (χ4v) is 2.62. The van der Waals surface area contributed by atoms with Crippen LogP contribution >= 0.6 is 10.7 Å². The Balaban J connectivity index is 2.11. The molecule has 0 bridgehead atoms. The Morgan fingerprint density at radius 1 is 1.24 bits per heavy atom. The lowest BCUT2D eigenvalue weighted by molar-refractivity contribution is -0.128. The molecule has 6 heteroatoms. The summed E-state index contributed by atoms with van der Waals surface area (Å²) in [7, 11) is 1.55. The molecule has 1 heterocycles. The van der Waals surface area contributed by atoms with Crippen molar-refractivity contribution in [2.75, 3.05) is 6.54 Å². The van der Waals surface area contributed by atoms with E-state index in [0.29, 0.717) is 13.0 Å². The maximum atomic E-state index is 11.4. The molecule has 0 N–H and O–H groups in total. The summed E-state index contributed by atoms with van der Waals surface area (Å²) >= 11 is 0. The second kappa shape index (κ2) is 4.66. The molecule has 0 spiro atoms. The number of hydrogen-bond acceptors (Lipinski definition) is 3. The van der Waals surface area contributed by atoms with E-state index < -0.39 is 9.05 Å². The van der Waals surface area contributed by atoms with Crippen LogP contribution in [0.25, 0.3) is 0 Å². The average molecular weight is 274 g/mol. The molecule has 1 amide bonds. The van der Waals surface area contributed by atoms with Gasteiger partial charge in [-0.15, -0.1) is 0 Å². The smallest absolute Gasteiger partial charge is 0.261 e. The Morgan fingerprint density at radius 2 is 1.88 bits per heavy atom. The topological polar surface area (TPSA) is 54.5 Å². The number of amides is 1. The van der Waals surface area contributed by atoms with Gasteiger partial charge in [-0.2, -0.15) is 0 Å². The molecule has 4 nitrogen and oxygen atoms in total. The first-order valence-corrected chi connectivity index (χ1v) is 7.59. The normalized spacial score (nSPS) is 16.5. The van der Waals surface area contributed by atoms with E-state index in [2.05, 4.69) is 0 Å². The molecule has 1 aromatic rings. The van der Waals surface area contributed by atoms with Crippen LogP contribution in [0.2, 0.25) is 0 Å². The van der Waals surface area contributed by atoms with Gasteiger partial charge in [0, 0.05) is 30.2 Å². The molecule has 2 rings (SSSR count). The highest BCUT2D eigenvalue weighted by molar-refractivity contribution is 8.13. The monoisotopic (exact) mass is 273 g/mol. The van der Waals surface area contributed by atoms with Crippen LogP contribution in [0.1, 0.15) is 18.4 Å². The quantitative estimate of drug-likeness (QED) is 0.788. The van der Waals surface area contributed by atoms with Gasteiger partial charge >= 0.3 is 0 Å². The van der Waals surface area contributed by atoms with Crippen molar-refractivity contribution in [3.63, 3.8) is 0 Å². The fourth-order valence-electron chi connectivity index (χ4n) is 1.85. The zero-order valence-corrected chi connectivity index (χ0v) is 10.7. The summed E-state index contributed by atoms with van der Waals surface area (Å²) in [6.45, 7) is 1.30. The van der Waals surface area contributed by atoms with E-state index in [9.17, 15) is 13.2 Å². The summed E-state index contributed by atoms with van der Waals surface area (Å²) in [4.78, 5) is 13.3. The first-order chi connectivity index (χ1) is 7.97. The Kier molecular flexibility index (Phi) is 3.40. The third-order valence-electron chi connectivity index (χ3n) is 2.75. The summed E-state index contributed by atoms with van der Waals surface area (Å²) < 4.78 is 22.1. The van der Waals surface area contributed by atoms with Crippen LogP contribution in [0.5, 0.6) is 0 Å². The van der Waals surface area contributed by atoms with Crippen molar-refractivity contribution >= 4 is 25.6 Å². The zero-order valence-electron chi connectivity index (χ0n) is 9.10. The maximum Gasteiger partial charge on any atom is 0.261 e. The Labute approximate surface area is 105 Å². The van der Waals surface area contributed by atoms with Crippen LogP contribution in [0.15, 0.2) is 29.2 Å². The van der Waals surface area contributed by atoms with Gasteiger partial charge in [0.05, 0.1) is 4.90 Å². The molecule has 0 aliphatic carbocycles. The standard InChI is InChI=1S/C11H12ClNO3S/c12-17(15,16)10-5-3-9(4-6-10)8-13-7-1-2-11(13)14/h3-6H,1-2,7-8H2. The summed E-state index contributed by atoms with van der Waals surface area (Å²) in [5.41, 5.74) is 0.907. The zero-order chi connectivity index (χ0) is 12.5. The van der Waals surface area contributed by atoms with E-state index in [4.69, 9.17) is 10.7 Å². The largest absolute Gasteiger partial charge is 0.338 e. The third-order valence-corrected chi connectivity index (χ3v) is 4.12. The molecule has 1 saturated heterocycles. The summed E-state index contributed by atoms with van der Waals surface area (Å²) in [6, 6.07) is 6.28. The minimum absolute atomic E-state index is 0.0793. The van der Waals surface area contributed by atoms with Crippen LogP contribution in [0.4, 0.5) is 0 Å². The highest BCUT2D eigenvalue weighted by atomic mass is 35.7. The highest BCUT2D eigenvalue weighted by Crippen LogP contribution is 2.18. The Hall–Kier alpha value is -1.07. The van der Waals surface area contributed by atoms with E-state index >= 15 is 0 Å². The van der Waals surface area contributed by atoms with E-state index in [-0.39, 0.29) is 10.8 Å². The lowest BCUT2D eigenvalue weighted by atomic mass is 10.2. The van der Waals surface area contributed by atoms with Gasteiger partial charge in [-0.1, -0.05) is 12.1 Å². The number of hydrogen-bond donors (Lipinski definition) is 0. The van der Waals surface area contributed by atoms with Crippen molar-refractivity contribution in [1.29, 1.82) is 0 Å². The van der Waals surface area contributed by atoms with Crippen molar-refractivity contribution in [2.45, 2.75) is 24.3 Å². The summed E-state index contributed by atoms with van der Waals surface area (Å²) in [5, 5.41) is 0. The molecule has 17 heavy (non-hydrogen) atoms. The molecule has 0 saturated carbocycles. The Morgan fingerprint density at radius 3 is 2.35 bits per heavy atom. The van der Waals surface area contributed by atoms with Crippen LogP contribution in [0.3, 0.4) is 0 Å². The molecule has 92 valence electrons. The first kappa shape index (κ1) is 12.4. The predicted octanol–water partition coefficient (Wildman–Crippen LogP) is 1.74. The van der Waals surface area contributed by atoms with Gasteiger partial charge < -0.3 is 4.90 Å². The number of likely N-dealkylation sites (tertiary alicyclic amines) is 1. The van der Waals surface area contributed by atoms with Crippen molar-refractivity contribution in [2.24, 2.45) is 0 Å². The summed E-state index contributed by atoms with van der Waals surface area (Å²) in [5.74, 6) is 0.152. The van der Waals surface area contributed by atoms with Gasteiger partial charge in [-0.25, -0.2) is 8.42 Å².